The number of Topliss-reactive ketones (excluding diaryl/α,β-unsaturated/α-hetero) is 2. The van der Waals surface area contributed by atoms with Crippen LogP contribution < -0.4 is 0 Å². The molecule has 1 spiro atoms. The zero-order chi connectivity index (χ0) is 12.0. The maximum atomic E-state index is 11.9. The first-order valence-corrected chi connectivity index (χ1v) is 6.43. The van der Waals surface area contributed by atoms with Gasteiger partial charge in [-0.25, -0.2) is 0 Å². The molecule has 0 amide bonds. The van der Waals surface area contributed by atoms with Gasteiger partial charge in [-0.3, -0.25) is 9.59 Å². The SMILES string of the molecule is CC(C)(C)C1CCC2(CC1)C(=O)CCC2=O. The molecule has 0 bridgehead atoms. The highest BCUT2D eigenvalue weighted by Crippen LogP contribution is 2.49. The van der Waals surface area contributed by atoms with E-state index in [1.54, 1.807) is 0 Å². The first-order valence-electron chi connectivity index (χ1n) is 6.43. The predicted molar refractivity (Wildman–Crippen MR) is 63.1 cm³/mol. The second-order valence-corrected chi connectivity index (χ2v) is 6.57. The van der Waals surface area contributed by atoms with Gasteiger partial charge in [0, 0.05) is 12.8 Å². The van der Waals surface area contributed by atoms with E-state index in [4.69, 9.17) is 0 Å². The topological polar surface area (TPSA) is 34.1 Å². The average Bonchev–Trinajstić information content (AvgIpc) is 2.47. The molecular formula is C14H22O2. The summed E-state index contributed by atoms with van der Waals surface area (Å²) < 4.78 is 0. The Morgan fingerprint density at radius 3 is 1.81 bits per heavy atom. The minimum absolute atomic E-state index is 0.227. The molecule has 2 rings (SSSR count). The number of rotatable bonds is 0. The summed E-state index contributed by atoms with van der Waals surface area (Å²) in [6, 6.07) is 0. The zero-order valence-electron chi connectivity index (χ0n) is 10.6. The van der Waals surface area contributed by atoms with Crippen LogP contribution >= 0.6 is 0 Å². The monoisotopic (exact) mass is 222 g/mol. The van der Waals surface area contributed by atoms with E-state index in [2.05, 4.69) is 20.8 Å². The Bertz CT molecular complexity index is 296. The molecule has 16 heavy (non-hydrogen) atoms. The summed E-state index contributed by atoms with van der Waals surface area (Å²) in [6.07, 6.45) is 4.71. The highest BCUT2D eigenvalue weighted by atomic mass is 16.2. The van der Waals surface area contributed by atoms with Crippen molar-refractivity contribution in [1.82, 2.24) is 0 Å². The zero-order valence-corrected chi connectivity index (χ0v) is 10.6. The van der Waals surface area contributed by atoms with Crippen LogP contribution in [0.1, 0.15) is 59.3 Å². The van der Waals surface area contributed by atoms with Crippen molar-refractivity contribution in [3.63, 3.8) is 0 Å². The van der Waals surface area contributed by atoms with Gasteiger partial charge in [-0.2, -0.15) is 0 Å². The van der Waals surface area contributed by atoms with Crippen molar-refractivity contribution < 1.29 is 9.59 Å². The molecule has 0 aromatic heterocycles. The van der Waals surface area contributed by atoms with Gasteiger partial charge in [-0.15, -0.1) is 0 Å². The van der Waals surface area contributed by atoms with Crippen LogP contribution in [-0.4, -0.2) is 11.6 Å². The minimum atomic E-state index is -0.540. The summed E-state index contributed by atoms with van der Waals surface area (Å²) in [5.41, 5.74) is -0.228. The van der Waals surface area contributed by atoms with E-state index in [0.717, 1.165) is 25.7 Å². The van der Waals surface area contributed by atoms with Gasteiger partial charge in [0.2, 0.25) is 0 Å². The van der Waals surface area contributed by atoms with Crippen LogP contribution in [0.4, 0.5) is 0 Å². The lowest BCUT2D eigenvalue weighted by Gasteiger charge is -2.40. The van der Waals surface area contributed by atoms with Gasteiger partial charge < -0.3 is 0 Å². The van der Waals surface area contributed by atoms with Crippen LogP contribution in [0.2, 0.25) is 0 Å². The largest absolute Gasteiger partial charge is 0.299 e. The molecular weight excluding hydrogens is 200 g/mol. The Hall–Kier alpha value is -0.660. The van der Waals surface area contributed by atoms with Gasteiger partial charge in [-0.1, -0.05) is 20.8 Å². The van der Waals surface area contributed by atoms with E-state index in [1.807, 2.05) is 0 Å². The van der Waals surface area contributed by atoms with Crippen LogP contribution in [0, 0.1) is 16.7 Å². The summed E-state index contributed by atoms with van der Waals surface area (Å²) in [6.45, 7) is 6.77. The molecule has 2 fully saturated rings. The van der Waals surface area contributed by atoms with E-state index in [1.165, 1.54) is 0 Å². The van der Waals surface area contributed by atoms with Crippen LogP contribution in [-0.2, 0) is 9.59 Å². The van der Waals surface area contributed by atoms with Gasteiger partial charge in [0.1, 0.15) is 11.6 Å². The Morgan fingerprint density at radius 2 is 1.44 bits per heavy atom. The lowest BCUT2D eigenvalue weighted by molar-refractivity contribution is -0.138. The van der Waals surface area contributed by atoms with E-state index >= 15 is 0 Å². The number of hydrogen-bond donors (Lipinski definition) is 0. The fourth-order valence-electron chi connectivity index (χ4n) is 3.40. The highest BCUT2D eigenvalue weighted by Gasteiger charge is 2.51. The molecule has 0 atom stereocenters. The molecule has 90 valence electrons. The average molecular weight is 222 g/mol. The number of hydrogen-bond acceptors (Lipinski definition) is 2. The molecule has 0 radical (unpaired) electrons. The first kappa shape index (κ1) is 11.8. The Labute approximate surface area is 97.8 Å². The Kier molecular flexibility index (Phi) is 2.72. The minimum Gasteiger partial charge on any atom is -0.299 e. The highest BCUT2D eigenvalue weighted by molar-refractivity contribution is 6.12. The maximum absolute atomic E-state index is 11.9. The molecule has 2 heteroatoms. The Balaban J connectivity index is 2.10. The first-order chi connectivity index (χ1) is 7.36. The molecule has 2 aliphatic rings. The van der Waals surface area contributed by atoms with E-state index < -0.39 is 5.41 Å². The fraction of sp³-hybridized carbons (Fsp3) is 0.857. The predicted octanol–water partition coefficient (Wildman–Crippen LogP) is 3.14. The van der Waals surface area contributed by atoms with Crippen LogP contribution in [0.15, 0.2) is 0 Å². The number of carbonyl (C=O) groups is 2. The van der Waals surface area contributed by atoms with Crippen molar-refractivity contribution in [2.75, 3.05) is 0 Å². The lowest BCUT2D eigenvalue weighted by Crippen LogP contribution is -2.39. The molecule has 0 aliphatic heterocycles. The molecule has 0 aromatic carbocycles. The third-order valence-electron chi connectivity index (χ3n) is 4.71. The summed E-state index contributed by atoms with van der Waals surface area (Å²) in [5, 5.41) is 0. The number of ketones is 2. The summed E-state index contributed by atoms with van der Waals surface area (Å²) in [5.74, 6) is 1.12. The van der Waals surface area contributed by atoms with E-state index in [-0.39, 0.29) is 11.6 Å². The van der Waals surface area contributed by atoms with Gasteiger partial charge >= 0.3 is 0 Å². The molecule has 0 N–H and O–H groups in total. The van der Waals surface area contributed by atoms with Crippen LogP contribution in [0.5, 0.6) is 0 Å². The van der Waals surface area contributed by atoms with Crippen molar-refractivity contribution in [3.8, 4) is 0 Å². The summed E-state index contributed by atoms with van der Waals surface area (Å²) >= 11 is 0. The van der Waals surface area contributed by atoms with Crippen LogP contribution in [0.3, 0.4) is 0 Å². The quantitative estimate of drug-likeness (QED) is 0.590. The summed E-state index contributed by atoms with van der Waals surface area (Å²) in [4.78, 5) is 23.8. The smallest absolute Gasteiger partial charge is 0.146 e. The third kappa shape index (κ3) is 1.72. The molecule has 0 unspecified atom stereocenters. The van der Waals surface area contributed by atoms with Crippen molar-refractivity contribution in [2.45, 2.75) is 59.3 Å². The van der Waals surface area contributed by atoms with Gasteiger partial charge in [-0.05, 0) is 37.0 Å². The van der Waals surface area contributed by atoms with Crippen molar-refractivity contribution in [3.05, 3.63) is 0 Å². The third-order valence-corrected chi connectivity index (χ3v) is 4.71. The molecule has 0 aromatic rings. The second kappa shape index (κ2) is 3.68. The molecule has 0 heterocycles. The molecule has 2 nitrogen and oxygen atoms in total. The van der Waals surface area contributed by atoms with Crippen molar-refractivity contribution in [2.24, 2.45) is 16.7 Å². The Morgan fingerprint density at radius 1 is 1.00 bits per heavy atom. The van der Waals surface area contributed by atoms with Gasteiger partial charge in [0.15, 0.2) is 0 Å². The van der Waals surface area contributed by atoms with Crippen LogP contribution in [0.25, 0.3) is 0 Å². The van der Waals surface area contributed by atoms with E-state index in [9.17, 15) is 9.59 Å². The number of carbonyl (C=O) groups excluding carboxylic acids is 2. The standard InChI is InChI=1S/C14H22O2/c1-13(2,3)10-6-8-14(9-7-10)11(15)4-5-12(14)16/h10H,4-9H2,1-3H3. The molecule has 2 saturated carbocycles. The van der Waals surface area contributed by atoms with Crippen molar-refractivity contribution in [1.29, 1.82) is 0 Å². The second-order valence-electron chi connectivity index (χ2n) is 6.57. The van der Waals surface area contributed by atoms with Crippen molar-refractivity contribution >= 4 is 11.6 Å². The molecule has 2 aliphatic carbocycles. The van der Waals surface area contributed by atoms with E-state index in [0.29, 0.717) is 24.2 Å². The normalized spacial score (nSPS) is 26.7. The fourth-order valence-corrected chi connectivity index (χ4v) is 3.40. The lowest BCUT2D eigenvalue weighted by atomic mass is 9.63. The maximum Gasteiger partial charge on any atom is 0.146 e. The summed E-state index contributed by atoms with van der Waals surface area (Å²) in [7, 11) is 0. The molecule has 0 saturated heterocycles. The van der Waals surface area contributed by atoms with Gasteiger partial charge in [0.25, 0.3) is 0 Å². The van der Waals surface area contributed by atoms with Gasteiger partial charge in [0.05, 0.1) is 5.41 Å².